The normalized spacial score (nSPS) is 10.7. The van der Waals surface area contributed by atoms with Crippen LogP contribution in [0.3, 0.4) is 0 Å². The number of hydrogen-bond acceptors (Lipinski definition) is 3. The lowest BCUT2D eigenvalue weighted by Crippen LogP contribution is -2.11. The fraction of sp³-hybridized carbons (Fsp3) is 0.111. The van der Waals surface area contributed by atoms with E-state index in [9.17, 15) is 14.0 Å². The van der Waals surface area contributed by atoms with Gasteiger partial charge in [0.2, 0.25) is 11.8 Å². The molecule has 2 amide bonds. The van der Waals surface area contributed by atoms with Gasteiger partial charge in [0, 0.05) is 23.1 Å². The molecule has 2 aromatic carbocycles. The lowest BCUT2D eigenvalue weighted by atomic mass is 10.2. The fourth-order valence-corrected chi connectivity index (χ4v) is 2.85. The van der Waals surface area contributed by atoms with Gasteiger partial charge in [-0.25, -0.2) is 4.39 Å². The van der Waals surface area contributed by atoms with Gasteiger partial charge in [-0.2, -0.15) is 0 Å². The summed E-state index contributed by atoms with van der Waals surface area (Å²) in [7, 11) is 0. The first-order chi connectivity index (χ1) is 11.5. The van der Waals surface area contributed by atoms with E-state index in [-0.39, 0.29) is 24.1 Å². The smallest absolute Gasteiger partial charge is 0.248 e. The molecule has 0 aromatic heterocycles. The third-order valence-corrected chi connectivity index (χ3v) is 4.12. The summed E-state index contributed by atoms with van der Waals surface area (Å²) in [5, 5.41) is 2.79. The second-order valence-electron chi connectivity index (χ2n) is 4.94. The van der Waals surface area contributed by atoms with Crippen molar-refractivity contribution < 1.29 is 14.0 Å². The van der Waals surface area contributed by atoms with Crippen molar-refractivity contribution in [3.8, 4) is 0 Å². The first-order valence-corrected chi connectivity index (χ1v) is 8.28. The van der Waals surface area contributed by atoms with E-state index in [2.05, 4.69) is 5.32 Å². The van der Waals surface area contributed by atoms with Crippen LogP contribution in [0.25, 0.3) is 6.08 Å². The molecule has 0 saturated heterocycles. The molecule has 0 heterocycles. The Kier molecular flexibility index (Phi) is 6.57. The molecule has 0 fully saturated rings. The fourth-order valence-electron chi connectivity index (χ4n) is 1.88. The number of nitrogens with one attached hydrogen (secondary N) is 1. The number of carbonyl (C=O) groups is 2. The summed E-state index contributed by atoms with van der Waals surface area (Å²) in [5.41, 5.74) is 6.52. The lowest BCUT2D eigenvalue weighted by Gasteiger charge is -2.08. The van der Waals surface area contributed by atoms with Crippen LogP contribution in [-0.4, -0.2) is 17.6 Å². The molecule has 0 spiro atoms. The average molecular weight is 344 g/mol. The molecular formula is C18H17FN2O2S. The molecule has 3 N–H and O–H groups in total. The maximum absolute atomic E-state index is 12.8. The molecule has 0 atom stereocenters. The van der Waals surface area contributed by atoms with Gasteiger partial charge in [-0.3, -0.25) is 9.59 Å². The topological polar surface area (TPSA) is 72.2 Å². The Labute approximate surface area is 143 Å². The van der Waals surface area contributed by atoms with Crippen molar-refractivity contribution in [1.82, 2.24) is 0 Å². The summed E-state index contributed by atoms with van der Waals surface area (Å²) in [6, 6.07) is 13.2. The first-order valence-electron chi connectivity index (χ1n) is 7.29. The summed E-state index contributed by atoms with van der Waals surface area (Å²) in [6.07, 6.45) is 3.27. The minimum absolute atomic E-state index is 0.275. The van der Waals surface area contributed by atoms with E-state index < -0.39 is 0 Å². The SMILES string of the molecule is NC(=O)CCSc1ccccc1NC(=O)/C=C/c1ccc(F)cc1. The number of nitrogens with two attached hydrogens (primary N) is 1. The van der Waals surface area contributed by atoms with Crippen LogP contribution in [0.15, 0.2) is 59.5 Å². The summed E-state index contributed by atoms with van der Waals surface area (Å²) in [5.74, 6) is -0.416. The predicted octanol–water partition coefficient (Wildman–Crippen LogP) is 3.45. The zero-order chi connectivity index (χ0) is 17.4. The number of anilines is 1. The van der Waals surface area contributed by atoms with Crippen LogP contribution in [0.1, 0.15) is 12.0 Å². The number of thioether (sulfide) groups is 1. The maximum Gasteiger partial charge on any atom is 0.248 e. The van der Waals surface area contributed by atoms with E-state index >= 15 is 0 Å². The summed E-state index contributed by atoms with van der Waals surface area (Å²) >= 11 is 1.45. The highest BCUT2D eigenvalue weighted by atomic mass is 32.2. The minimum Gasteiger partial charge on any atom is -0.370 e. The van der Waals surface area contributed by atoms with Gasteiger partial charge >= 0.3 is 0 Å². The molecule has 2 aromatic rings. The molecule has 24 heavy (non-hydrogen) atoms. The van der Waals surface area contributed by atoms with Crippen LogP contribution in [0.4, 0.5) is 10.1 Å². The molecule has 0 unspecified atom stereocenters. The second kappa shape index (κ2) is 8.88. The highest BCUT2D eigenvalue weighted by molar-refractivity contribution is 7.99. The number of para-hydroxylation sites is 1. The summed E-state index contributed by atoms with van der Waals surface area (Å²) < 4.78 is 12.8. The molecule has 0 aliphatic heterocycles. The number of carbonyl (C=O) groups excluding carboxylic acids is 2. The van der Waals surface area contributed by atoms with Crippen LogP contribution in [0.2, 0.25) is 0 Å². The van der Waals surface area contributed by atoms with Crippen molar-refractivity contribution >= 4 is 35.3 Å². The van der Waals surface area contributed by atoms with E-state index in [1.54, 1.807) is 24.3 Å². The number of benzene rings is 2. The third kappa shape index (κ3) is 5.89. The molecule has 0 bridgehead atoms. The van der Waals surface area contributed by atoms with E-state index in [4.69, 9.17) is 5.73 Å². The van der Waals surface area contributed by atoms with Gasteiger partial charge in [0.15, 0.2) is 0 Å². The van der Waals surface area contributed by atoms with Crippen molar-refractivity contribution in [2.75, 3.05) is 11.1 Å². The minimum atomic E-state index is -0.355. The molecule has 4 nitrogen and oxygen atoms in total. The van der Waals surface area contributed by atoms with Gasteiger partial charge in [-0.15, -0.1) is 11.8 Å². The van der Waals surface area contributed by atoms with E-state index in [0.29, 0.717) is 11.4 Å². The molecule has 6 heteroatoms. The van der Waals surface area contributed by atoms with Crippen molar-refractivity contribution in [3.05, 3.63) is 66.0 Å². The van der Waals surface area contributed by atoms with Crippen molar-refractivity contribution in [1.29, 1.82) is 0 Å². The lowest BCUT2D eigenvalue weighted by molar-refractivity contribution is -0.117. The monoisotopic (exact) mass is 344 g/mol. The van der Waals surface area contributed by atoms with Gasteiger partial charge in [0.05, 0.1) is 5.69 Å². The highest BCUT2D eigenvalue weighted by Crippen LogP contribution is 2.27. The van der Waals surface area contributed by atoms with Crippen LogP contribution < -0.4 is 11.1 Å². The van der Waals surface area contributed by atoms with E-state index in [1.807, 2.05) is 18.2 Å². The van der Waals surface area contributed by atoms with Crippen LogP contribution in [0.5, 0.6) is 0 Å². The second-order valence-corrected chi connectivity index (χ2v) is 6.07. The van der Waals surface area contributed by atoms with E-state index in [0.717, 1.165) is 10.5 Å². The van der Waals surface area contributed by atoms with Gasteiger partial charge in [0.1, 0.15) is 5.82 Å². The first kappa shape index (κ1) is 17.7. The largest absolute Gasteiger partial charge is 0.370 e. The number of halogens is 1. The number of rotatable bonds is 7. The number of hydrogen-bond donors (Lipinski definition) is 2. The zero-order valence-corrected chi connectivity index (χ0v) is 13.7. The maximum atomic E-state index is 12.8. The highest BCUT2D eigenvalue weighted by Gasteiger charge is 2.05. The third-order valence-electron chi connectivity index (χ3n) is 3.05. The van der Waals surface area contributed by atoms with Gasteiger partial charge < -0.3 is 11.1 Å². The quantitative estimate of drug-likeness (QED) is 0.597. The molecule has 124 valence electrons. The van der Waals surface area contributed by atoms with E-state index in [1.165, 1.54) is 30.0 Å². The molecule has 0 aliphatic carbocycles. The standard InChI is InChI=1S/C18H17FN2O2S/c19-14-8-5-13(6-9-14)7-10-18(23)21-15-3-1-2-4-16(15)24-12-11-17(20)22/h1-10H,11-12H2,(H2,20,22)(H,21,23)/b10-7+. The molecule has 0 radical (unpaired) electrons. The molecule has 2 rings (SSSR count). The van der Waals surface area contributed by atoms with Crippen molar-refractivity contribution in [3.63, 3.8) is 0 Å². The van der Waals surface area contributed by atoms with Crippen molar-refractivity contribution in [2.24, 2.45) is 5.73 Å². The van der Waals surface area contributed by atoms with Crippen LogP contribution in [-0.2, 0) is 9.59 Å². The molecular weight excluding hydrogens is 327 g/mol. The molecule has 0 aliphatic rings. The van der Waals surface area contributed by atoms with Crippen molar-refractivity contribution in [2.45, 2.75) is 11.3 Å². The van der Waals surface area contributed by atoms with Crippen LogP contribution >= 0.6 is 11.8 Å². The summed E-state index contributed by atoms with van der Waals surface area (Å²) in [6.45, 7) is 0. The Morgan fingerprint density at radius 1 is 1.12 bits per heavy atom. The summed E-state index contributed by atoms with van der Waals surface area (Å²) in [4.78, 5) is 23.7. The Hall–Kier alpha value is -2.60. The Morgan fingerprint density at radius 3 is 2.54 bits per heavy atom. The van der Waals surface area contributed by atoms with Gasteiger partial charge in [0.25, 0.3) is 0 Å². The van der Waals surface area contributed by atoms with Gasteiger partial charge in [-0.05, 0) is 35.9 Å². The number of amides is 2. The molecule has 0 saturated carbocycles. The number of primary amides is 1. The zero-order valence-electron chi connectivity index (χ0n) is 12.9. The Bertz CT molecular complexity index is 745. The predicted molar refractivity (Wildman–Crippen MR) is 95.0 cm³/mol. The van der Waals surface area contributed by atoms with Gasteiger partial charge in [-0.1, -0.05) is 24.3 Å². The Balaban J connectivity index is 1.98. The Morgan fingerprint density at radius 2 is 1.83 bits per heavy atom. The average Bonchev–Trinajstić information content (AvgIpc) is 2.55. The van der Waals surface area contributed by atoms with Crippen LogP contribution in [0, 0.1) is 5.82 Å².